The molecule has 0 bridgehead atoms. The van der Waals surface area contributed by atoms with Crippen molar-refractivity contribution in [3.05, 3.63) is 65.1 Å². The molecule has 1 N–H and O–H groups in total. The summed E-state index contributed by atoms with van der Waals surface area (Å²) in [7, 11) is 1.84. The normalized spacial score (nSPS) is 13.9. The standard InChI is InChI=1S/C22H19FN6OS/c1-28(22-26-19(13-31-22)14-2-4-16(23)5-3-14)21-18(12-30)25-20-7-6-17(27-29(20)21)15-8-10-24-11-9-15/h2-8,12-13,24H,9-11H2,1H3. The summed E-state index contributed by atoms with van der Waals surface area (Å²) in [5.74, 6) is 0.268. The predicted molar refractivity (Wildman–Crippen MR) is 119 cm³/mol. The minimum Gasteiger partial charge on any atom is -0.313 e. The van der Waals surface area contributed by atoms with Crippen molar-refractivity contribution in [2.45, 2.75) is 6.42 Å². The van der Waals surface area contributed by atoms with E-state index in [0.717, 1.165) is 42.7 Å². The topological polar surface area (TPSA) is 75.4 Å². The Balaban J connectivity index is 1.56. The van der Waals surface area contributed by atoms with Crippen molar-refractivity contribution in [3.63, 3.8) is 0 Å². The number of aromatic nitrogens is 4. The Labute approximate surface area is 181 Å². The van der Waals surface area contributed by atoms with Crippen molar-refractivity contribution in [3.8, 4) is 11.3 Å². The van der Waals surface area contributed by atoms with Gasteiger partial charge in [-0.3, -0.25) is 4.79 Å². The molecular formula is C22H19FN6OS. The van der Waals surface area contributed by atoms with E-state index in [-0.39, 0.29) is 5.82 Å². The van der Waals surface area contributed by atoms with E-state index in [1.165, 1.54) is 29.0 Å². The monoisotopic (exact) mass is 434 g/mol. The van der Waals surface area contributed by atoms with Crippen LogP contribution in [0.5, 0.6) is 0 Å². The van der Waals surface area contributed by atoms with Gasteiger partial charge >= 0.3 is 0 Å². The number of rotatable bonds is 5. The summed E-state index contributed by atoms with van der Waals surface area (Å²) in [4.78, 5) is 22.7. The second-order valence-electron chi connectivity index (χ2n) is 7.19. The Morgan fingerprint density at radius 3 is 2.74 bits per heavy atom. The molecule has 0 radical (unpaired) electrons. The van der Waals surface area contributed by atoms with Crippen LogP contribution in [0.2, 0.25) is 0 Å². The second kappa shape index (κ2) is 8.01. The molecule has 0 saturated carbocycles. The zero-order valence-electron chi connectivity index (χ0n) is 16.7. The molecule has 0 amide bonds. The molecule has 0 saturated heterocycles. The summed E-state index contributed by atoms with van der Waals surface area (Å²) in [5.41, 5.74) is 4.49. The summed E-state index contributed by atoms with van der Waals surface area (Å²) in [6, 6.07) is 10.0. The second-order valence-corrected chi connectivity index (χ2v) is 8.03. The summed E-state index contributed by atoms with van der Waals surface area (Å²) in [6.45, 7) is 1.73. The Morgan fingerprint density at radius 1 is 1.16 bits per heavy atom. The van der Waals surface area contributed by atoms with E-state index in [1.807, 2.05) is 29.5 Å². The number of fused-ring (bicyclic) bond motifs is 1. The fourth-order valence-electron chi connectivity index (χ4n) is 3.62. The fraction of sp³-hybridized carbons (Fsp3) is 0.182. The van der Waals surface area contributed by atoms with Crippen LogP contribution in [0.3, 0.4) is 0 Å². The van der Waals surface area contributed by atoms with E-state index in [9.17, 15) is 9.18 Å². The number of imidazole rings is 1. The van der Waals surface area contributed by atoms with E-state index in [4.69, 9.17) is 5.10 Å². The third-order valence-corrected chi connectivity index (χ3v) is 6.14. The summed E-state index contributed by atoms with van der Waals surface area (Å²) in [5, 5.41) is 10.7. The number of thiazole rings is 1. The maximum atomic E-state index is 13.2. The van der Waals surface area contributed by atoms with E-state index < -0.39 is 0 Å². The number of hydrogen-bond acceptors (Lipinski definition) is 7. The van der Waals surface area contributed by atoms with Gasteiger partial charge < -0.3 is 10.2 Å². The lowest BCUT2D eigenvalue weighted by atomic mass is 10.1. The Hall–Kier alpha value is -3.43. The Kier molecular flexibility index (Phi) is 5.05. The maximum Gasteiger partial charge on any atom is 0.191 e. The van der Waals surface area contributed by atoms with Crippen LogP contribution in [-0.2, 0) is 0 Å². The quantitative estimate of drug-likeness (QED) is 0.480. The number of hydrogen-bond donors (Lipinski definition) is 1. The number of nitrogens with one attached hydrogen (secondary N) is 1. The molecule has 4 aromatic rings. The molecule has 0 aliphatic carbocycles. The minimum absolute atomic E-state index is 0.289. The SMILES string of the molecule is CN(c1nc(-c2ccc(F)cc2)cs1)c1c(C=O)nc2ccc(C3=CCNCC3)nn12. The molecule has 31 heavy (non-hydrogen) atoms. The molecule has 5 rings (SSSR count). The lowest BCUT2D eigenvalue weighted by Crippen LogP contribution is -2.20. The van der Waals surface area contributed by atoms with Gasteiger partial charge in [-0.1, -0.05) is 6.08 Å². The van der Waals surface area contributed by atoms with Gasteiger partial charge in [0.1, 0.15) is 11.5 Å². The van der Waals surface area contributed by atoms with Gasteiger partial charge in [-0.25, -0.2) is 14.4 Å². The van der Waals surface area contributed by atoms with Crippen LogP contribution in [0.25, 0.3) is 22.5 Å². The van der Waals surface area contributed by atoms with Gasteiger partial charge in [0, 0.05) is 24.5 Å². The molecule has 1 aliphatic heterocycles. The fourth-order valence-corrected chi connectivity index (χ4v) is 4.42. The van der Waals surface area contributed by atoms with Gasteiger partial charge in [0.05, 0.1) is 11.4 Å². The number of anilines is 2. The average molecular weight is 435 g/mol. The highest BCUT2D eigenvalue weighted by Crippen LogP contribution is 2.33. The van der Waals surface area contributed by atoms with Crippen molar-refractivity contribution >= 4 is 39.8 Å². The van der Waals surface area contributed by atoms with Gasteiger partial charge in [0.15, 0.2) is 22.9 Å². The van der Waals surface area contributed by atoms with E-state index >= 15 is 0 Å². The van der Waals surface area contributed by atoms with Crippen molar-refractivity contribution in [2.24, 2.45) is 0 Å². The summed E-state index contributed by atoms with van der Waals surface area (Å²) >= 11 is 1.43. The molecule has 7 nitrogen and oxygen atoms in total. The van der Waals surface area contributed by atoms with Crippen LogP contribution in [0.1, 0.15) is 22.6 Å². The third-order valence-electron chi connectivity index (χ3n) is 5.22. The van der Waals surface area contributed by atoms with Gasteiger partial charge in [-0.15, -0.1) is 11.3 Å². The predicted octanol–water partition coefficient (Wildman–Crippen LogP) is 3.95. The number of halogens is 1. The highest BCUT2D eigenvalue weighted by atomic mass is 32.1. The Morgan fingerprint density at radius 2 is 2.00 bits per heavy atom. The molecule has 4 heterocycles. The molecule has 1 aromatic carbocycles. The number of benzene rings is 1. The molecule has 0 unspecified atom stereocenters. The number of aldehydes is 1. The number of carbonyl (C=O) groups excluding carboxylic acids is 1. The Bertz CT molecular complexity index is 1290. The average Bonchev–Trinajstić information content (AvgIpc) is 3.44. The smallest absolute Gasteiger partial charge is 0.191 e. The lowest BCUT2D eigenvalue weighted by molar-refractivity contribution is 0.112. The van der Waals surface area contributed by atoms with Crippen molar-refractivity contribution < 1.29 is 9.18 Å². The number of carbonyl (C=O) groups is 1. The molecule has 3 aromatic heterocycles. The molecule has 0 fully saturated rings. The first-order valence-corrected chi connectivity index (χ1v) is 10.7. The summed E-state index contributed by atoms with van der Waals surface area (Å²) in [6.07, 6.45) is 3.76. The summed E-state index contributed by atoms with van der Waals surface area (Å²) < 4.78 is 14.9. The molecule has 0 atom stereocenters. The zero-order valence-corrected chi connectivity index (χ0v) is 17.6. The van der Waals surface area contributed by atoms with Crippen LogP contribution in [0.15, 0.2) is 47.9 Å². The van der Waals surface area contributed by atoms with Gasteiger partial charge in [0.2, 0.25) is 0 Å². The zero-order chi connectivity index (χ0) is 21.4. The highest BCUT2D eigenvalue weighted by Gasteiger charge is 2.21. The van der Waals surface area contributed by atoms with Crippen LogP contribution >= 0.6 is 11.3 Å². The van der Waals surface area contributed by atoms with Crippen molar-refractivity contribution in [1.82, 2.24) is 24.9 Å². The maximum absolute atomic E-state index is 13.2. The van der Waals surface area contributed by atoms with E-state index in [0.29, 0.717) is 22.3 Å². The van der Waals surface area contributed by atoms with Gasteiger partial charge in [-0.2, -0.15) is 9.61 Å². The third kappa shape index (κ3) is 3.62. The molecule has 156 valence electrons. The van der Waals surface area contributed by atoms with Crippen LogP contribution < -0.4 is 10.2 Å². The van der Waals surface area contributed by atoms with Crippen LogP contribution in [0, 0.1) is 5.82 Å². The lowest BCUT2D eigenvalue weighted by Gasteiger charge is -2.17. The number of nitrogens with zero attached hydrogens (tertiary/aromatic N) is 5. The first-order chi connectivity index (χ1) is 15.1. The first-order valence-electron chi connectivity index (χ1n) is 9.84. The van der Waals surface area contributed by atoms with Crippen molar-refractivity contribution in [1.29, 1.82) is 0 Å². The largest absolute Gasteiger partial charge is 0.313 e. The highest BCUT2D eigenvalue weighted by molar-refractivity contribution is 7.14. The minimum atomic E-state index is -0.289. The van der Waals surface area contributed by atoms with E-state index in [2.05, 4.69) is 21.4 Å². The molecular weight excluding hydrogens is 415 g/mol. The van der Waals surface area contributed by atoms with Crippen LogP contribution in [-0.4, -0.2) is 46.0 Å². The molecule has 0 spiro atoms. The molecule has 9 heteroatoms. The van der Waals surface area contributed by atoms with Gasteiger partial charge in [-0.05, 0) is 54.9 Å². The van der Waals surface area contributed by atoms with E-state index in [1.54, 1.807) is 16.6 Å². The van der Waals surface area contributed by atoms with Gasteiger partial charge in [0.25, 0.3) is 0 Å². The van der Waals surface area contributed by atoms with Crippen LogP contribution in [0.4, 0.5) is 15.3 Å². The first kappa shape index (κ1) is 19.5. The van der Waals surface area contributed by atoms with Crippen molar-refractivity contribution in [2.75, 3.05) is 25.0 Å². The molecule has 1 aliphatic rings.